The van der Waals surface area contributed by atoms with Gasteiger partial charge in [-0.1, -0.05) is 24.3 Å². The second-order valence-electron chi connectivity index (χ2n) is 5.92. The Morgan fingerprint density at radius 1 is 0.944 bits per heavy atom. The lowest BCUT2D eigenvalue weighted by Gasteiger charge is -2.28. The third kappa shape index (κ3) is 4.24. The zero-order valence-corrected chi connectivity index (χ0v) is 12.0. The van der Waals surface area contributed by atoms with Crippen LogP contribution in [0.5, 0.6) is 0 Å². The Labute approximate surface area is 109 Å². The van der Waals surface area contributed by atoms with E-state index in [-0.39, 0.29) is 11.4 Å². The molecule has 0 amide bonds. The maximum Gasteiger partial charge on any atom is 0.159 e. The van der Waals surface area contributed by atoms with Gasteiger partial charge in [-0.05, 0) is 47.1 Å². The molecule has 18 heavy (non-hydrogen) atoms. The second kappa shape index (κ2) is 5.21. The number of rotatable bonds is 4. The average molecular weight is 250 g/mol. The highest BCUT2D eigenvalue weighted by molar-refractivity contribution is 5.94. The quantitative estimate of drug-likeness (QED) is 0.462. The van der Waals surface area contributed by atoms with Crippen LogP contribution in [0.25, 0.3) is 0 Å². The summed E-state index contributed by atoms with van der Waals surface area (Å²) < 4.78 is 0. The monoisotopic (exact) mass is 250 g/mol. The van der Waals surface area contributed by atoms with Crippen molar-refractivity contribution in [1.29, 1.82) is 0 Å². The van der Waals surface area contributed by atoms with Crippen LogP contribution in [0.15, 0.2) is 24.3 Å². The second-order valence-corrected chi connectivity index (χ2v) is 5.92. The molecule has 0 aliphatic rings. The van der Waals surface area contributed by atoms with Gasteiger partial charge in [0.2, 0.25) is 0 Å². The normalized spacial score (nSPS) is 12.6. The summed E-state index contributed by atoms with van der Waals surface area (Å²) >= 11 is 0. The fourth-order valence-corrected chi connectivity index (χ4v) is 1.38. The molecule has 0 saturated carbocycles. The molecule has 0 radical (unpaired) electrons. The third-order valence-corrected chi connectivity index (χ3v) is 2.49. The fourth-order valence-electron chi connectivity index (χ4n) is 1.38. The van der Waals surface area contributed by atoms with Gasteiger partial charge in [-0.15, -0.1) is 0 Å². The van der Waals surface area contributed by atoms with E-state index in [2.05, 4.69) is 0 Å². The summed E-state index contributed by atoms with van der Waals surface area (Å²) in [5, 5.41) is 0. The van der Waals surface area contributed by atoms with Gasteiger partial charge in [0.1, 0.15) is 5.60 Å². The maximum absolute atomic E-state index is 11.2. The minimum atomic E-state index is -0.553. The lowest BCUT2D eigenvalue weighted by atomic mass is 9.96. The summed E-state index contributed by atoms with van der Waals surface area (Å²) in [5.74, 6) is 0.0613. The van der Waals surface area contributed by atoms with E-state index in [4.69, 9.17) is 9.78 Å². The summed E-state index contributed by atoms with van der Waals surface area (Å²) in [6.07, 6.45) is 0. The Morgan fingerprint density at radius 3 is 1.83 bits per heavy atom. The molecule has 1 aromatic carbocycles. The van der Waals surface area contributed by atoms with E-state index in [1.807, 2.05) is 46.8 Å². The molecular formula is C15H22O3. The molecule has 0 saturated heterocycles. The summed E-state index contributed by atoms with van der Waals surface area (Å²) in [7, 11) is 0. The molecule has 0 atom stereocenters. The summed E-state index contributed by atoms with van der Waals surface area (Å²) in [6.45, 7) is 11.2. The topological polar surface area (TPSA) is 35.5 Å². The number of carbonyl (C=O) groups excluding carboxylic acids is 1. The molecule has 1 rings (SSSR count). The number of benzene rings is 1. The minimum absolute atomic E-state index is 0.0613. The van der Waals surface area contributed by atoms with Crippen molar-refractivity contribution in [2.24, 2.45) is 0 Å². The van der Waals surface area contributed by atoms with Gasteiger partial charge in [-0.3, -0.25) is 4.79 Å². The third-order valence-electron chi connectivity index (χ3n) is 2.49. The molecule has 100 valence electrons. The van der Waals surface area contributed by atoms with Gasteiger partial charge < -0.3 is 0 Å². The molecule has 0 aromatic heterocycles. The number of carbonyl (C=O) groups is 1. The Kier molecular flexibility index (Phi) is 4.30. The van der Waals surface area contributed by atoms with Crippen molar-refractivity contribution in [3.63, 3.8) is 0 Å². The van der Waals surface area contributed by atoms with Crippen LogP contribution in [0.1, 0.15) is 57.5 Å². The van der Waals surface area contributed by atoms with Gasteiger partial charge in [-0.2, -0.15) is 0 Å². The van der Waals surface area contributed by atoms with Crippen LogP contribution in [0, 0.1) is 0 Å². The standard InChI is InChI=1S/C15H22O3/c1-11(16)12-7-9-13(10-8-12)15(5,6)18-17-14(2,3)4/h7-10H,1-6H3. The fraction of sp³-hybridized carbons (Fsp3) is 0.533. The molecule has 3 nitrogen and oxygen atoms in total. The first kappa shape index (κ1) is 14.9. The Balaban J connectivity index is 2.81. The Bertz CT molecular complexity index is 410. The van der Waals surface area contributed by atoms with Gasteiger partial charge >= 0.3 is 0 Å². The smallest absolute Gasteiger partial charge is 0.159 e. The van der Waals surface area contributed by atoms with Gasteiger partial charge in [-0.25, -0.2) is 9.78 Å². The van der Waals surface area contributed by atoms with E-state index in [9.17, 15) is 4.79 Å². The zero-order valence-electron chi connectivity index (χ0n) is 12.0. The first-order valence-electron chi connectivity index (χ1n) is 6.10. The number of hydrogen-bond acceptors (Lipinski definition) is 3. The van der Waals surface area contributed by atoms with E-state index in [1.165, 1.54) is 0 Å². The van der Waals surface area contributed by atoms with Crippen molar-refractivity contribution in [3.05, 3.63) is 35.4 Å². The molecule has 1 aromatic rings. The van der Waals surface area contributed by atoms with Crippen molar-refractivity contribution in [1.82, 2.24) is 0 Å². The van der Waals surface area contributed by atoms with Crippen molar-refractivity contribution in [2.45, 2.75) is 52.7 Å². The van der Waals surface area contributed by atoms with Crippen LogP contribution in [0.2, 0.25) is 0 Å². The summed E-state index contributed by atoms with van der Waals surface area (Å²) in [5.41, 5.74) is 0.766. The van der Waals surface area contributed by atoms with Gasteiger partial charge in [0.15, 0.2) is 5.78 Å². The number of ketones is 1. The van der Waals surface area contributed by atoms with E-state index in [0.29, 0.717) is 5.56 Å². The van der Waals surface area contributed by atoms with Gasteiger partial charge in [0.25, 0.3) is 0 Å². The van der Waals surface area contributed by atoms with Crippen molar-refractivity contribution in [2.75, 3.05) is 0 Å². The molecule has 0 aliphatic heterocycles. The van der Waals surface area contributed by atoms with Crippen LogP contribution >= 0.6 is 0 Å². The predicted molar refractivity (Wildman–Crippen MR) is 71.4 cm³/mol. The molecule has 0 aliphatic carbocycles. The Hall–Kier alpha value is -1.19. The molecule has 0 bridgehead atoms. The predicted octanol–water partition coefficient (Wildman–Crippen LogP) is 3.87. The first-order valence-corrected chi connectivity index (χ1v) is 6.10. The van der Waals surface area contributed by atoms with Gasteiger partial charge in [0.05, 0.1) is 5.60 Å². The van der Waals surface area contributed by atoms with E-state index in [1.54, 1.807) is 19.1 Å². The van der Waals surface area contributed by atoms with Crippen molar-refractivity contribution >= 4 is 5.78 Å². The van der Waals surface area contributed by atoms with E-state index in [0.717, 1.165) is 5.56 Å². The lowest BCUT2D eigenvalue weighted by molar-refractivity contribution is -0.401. The summed E-state index contributed by atoms with van der Waals surface area (Å²) in [6, 6.07) is 7.39. The largest absolute Gasteiger partial charge is 0.295 e. The highest BCUT2D eigenvalue weighted by Gasteiger charge is 2.26. The van der Waals surface area contributed by atoms with Crippen LogP contribution in [-0.2, 0) is 15.4 Å². The van der Waals surface area contributed by atoms with E-state index >= 15 is 0 Å². The lowest BCUT2D eigenvalue weighted by Crippen LogP contribution is -2.28. The molecule has 0 spiro atoms. The molecule has 0 N–H and O–H groups in total. The number of Topliss-reactive ketones (excluding diaryl/α,β-unsaturated/α-hetero) is 1. The minimum Gasteiger partial charge on any atom is -0.295 e. The zero-order chi connectivity index (χ0) is 14.0. The number of hydrogen-bond donors (Lipinski definition) is 0. The molecule has 0 fully saturated rings. The highest BCUT2D eigenvalue weighted by Crippen LogP contribution is 2.27. The van der Waals surface area contributed by atoms with Crippen molar-refractivity contribution < 1.29 is 14.6 Å². The maximum atomic E-state index is 11.2. The van der Waals surface area contributed by atoms with Crippen LogP contribution in [0.3, 0.4) is 0 Å². The first-order chi connectivity index (χ1) is 8.12. The van der Waals surface area contributed by atoms with E-state index < -0.39 is 5.60 Å². The molecule has 0 heterocycles. The molecular weight excluding hydrogens is 228 g/mol. The summed E-state index contributed by atoms with van der Waals surface area (Å²) in [4.78, 5) is 22.1. The van der Waals surface area contributed by atoms with Crippen LogP contribution in [-0.4, -0.2) is 11.4 Å². The van der Waals surface area contributed by atoms with Crippen LogP contribution < -0.4 is 0 Å². The Morgan fingerprint density at radius 2 is 1.44 bits per heavy atom. The molecule has 0 unspecified atom stereocenters. The SMILES string of the molecule is CC(=O)c1ccc(C(C)(C)OOC(C)(C)C)cc1. The molecule has 3 heteroatoms. The van der Waals surface area contributed by atoms with Crippen molar-refractivity contribution in [3.8, 4) is 0 Å². The van der Waals surface area contributed by atoms with Crippen LogP contribution in [0.4, 0.5) is 0 Å². The average Bonchev–Trinajstić information content (AvgIpc) is 2.26. The van der Waals surface area contributed by atoms with Gasteiger partial charge in [0, 0.05) is 5.56 Å². The highest BCUT2D eigenvalue weighted by atomic mass is 17.2.